The van der Waals surface area contributed by atoms with Crippen molar-refractivity contribution in [3.8, 4) is 0 Å². The lowest BCUT2D eigenvalue weighted by molar-refractivity contribution is 0.103. The number of β-amino-alcohol motifs (C(OH)–C–C–N with tert-alkyl or cyclic N) is 1. The van der Waals surface area contributed by atoms with Gasteiger partial charge < -0.3 is 10.0 Å². The molecule has 1 saturated heterocycles. The van der Waals surface area contributed by atoms with E-state index in [1.54, 1.807) is 11.3 Å². The first-order valence-electron chi connectivity index (χ1n) is 8.22. The van der Waals surface area contributed by atoms with E-state index in [1.807, 2.05) is 0 Å². The van der Waals surface area contributed by atoms with Crippen LogP contribution in [0.5, 0.6) is 0 Å². The van der Waals surface area contributed by atoms with Crippen molar-refractivity contribution in [2.75, 3.05) is 19.6 Å². The van der Waals surface area contributed by atoms with Crippen LogP contribution in [-0.4, -0.2) is 29.6 Å². The van der Waals surface area contributed by atoms with Crippen LogP contribution in [0.3, 0.4) is 0 Å². The molecule has 0 spiro atoms. The van der Waals surface area contributed by atoms with Gasteiger partial charge in [-0.05, 0) is 66.3 Å². The molecule has 1 aliphatic rings. The first-order valence-corrected chi connectivity index (χ1v) is 9.89. The highest BCUT2D eigenvalue weighted by Gasteiger charge is 2.19. The first-order chi connectivity index (χ1) is 11.2. The van der Waals surface area contributed by atoms with Crippen LogP contribution in [0.15, 0.2) is 40.2 Å². The average molecular weight is 390 g/mol. The summed E-state index contributed by atoms with van der Waals surface area (Å²) in [6.07, 6.45) is 3.43. The SMILES string of the molecule is OC(CN1CCCCC1)c1cc2ccc(Br)cc2c2ccsc12. The number of hydrogen-bond donors (Lipinski definition) is 1. The van der Waals surface area contributed by atoms with Crippen LogP contribution < -0.4 is 0 Å². The van der Waals surface area contributed by atoms with Crippen LogP contribution >= 0.6 is 27.3 Å². The van der Waals surface area contributed by atoms with Crippen LogP contribution in [-0.2, 0) is 0 Å². The Kier molecular flexibility index (Phi) is 4.41. The third kappa shape index (κ3) is 3.05. The van der Waals surface area contributed by atoms with E-state index in [0.29, 0.717) is 0 Å². The number of piperidine rings is 1. The number of benzene rings is 2. The molecule has 0 bridgehead atoms. The second-order valence-corrected chi connectivity index (χ2v) is 8.20. The molecule has 2 nitrogen and oxygen atoms in total. The zero-order chi connectivity index (χ0) is 15.8. The van der Waals surface area contributed by atoms with Crippen molar-refractivity contribution in [3.05, 3.63) is 45.7 Å². The molecule has 0 radical (unpaired) electrons. The summed E-state index contributed by atoms with van der Waals surface area (Å²) in [6, 6.07) is 10.7. The molecular formula is C19H20BrNOS. The number of thiophene rings is 1. The predicted octanol–water partition coefficient (Wildman–Crippen LogP) is 5.34. The predicted molar refractivity (Wildman–Crippen MR) is 102 cm³/mol. The largest absolute Gasteiger partial charge is 0.387 e. The Labute approximate surface area is 148 Å². The van der Waals surface area contributed by atoms with Gasteiger partial charge in [0.2, 0.25) is 0 Å². The van der Waals surface area contributed by atoms with E-state index in [9.17, 15) is 5.11 Å². The summed E-state index contributed by atoms with van der Waals surface area (Å²) in [5, 5.41) is 16.7. The highest BCUT2D eigenvalue weighted by Crippen LogP contribution is 2.37. The van der Waals surface area contributed by atoms with Crippen molar-refractivity contribution in [1.82, 2.24) is 4.90 Å². The molecule has 1 aromatic heterocycles. The molecule has 1 atom stereocenters. The van der Waals surface area contributed by atoms with Crippen molar-refractivity contribution in [2.45, 2.75) is 25.4 Å². The Morgan fingerprint density at radius 1 is 1.09 bits per heavy atom. The summed E-state index contributed by atoms with van der Waals surface area (Å²) in [7, 11) is 0. The molecule has 0 saturated carbocycles. The van der Waals surface area contributed by atoms with Crippen molar-refractivity contribution in [3.63, 3.8) is 0 Å². The van der Waals surface area contributed by atoms with Crippen molar-refractivity contribution < 1.29 is 5.11 Å². The number of halogens is 1. The molecule has 4 heteroatoms. The zero-order valence-electron chi connectivity index (χ0n) is 13.0. The van der Waals surface area contributed by atoms with Gasteiger partial charge in [-0.2, -0.15) is 0 Å². The van der Waals surface area contributed by atoms with Crippen molar-refractivity contribution in [2.24, 2.45) is 0 Å². The Morgan fingerprint density at radius 2 is 1.91 bits per heavy atom. The lowest BCUT2D eigenvalue weighted by Crippen LogP contribution is -2.33. The molecule has 23 heavy (non-hydrogen) atoms. The minimum atomic E-state index is -0.415. The van der Waals surface area contributed by atoms with Gasteiger partial charge in [0.1, 0.15) is 0 Å². The van der Waals surface area contributed by atoms with Crippen LogP contribution in [0, 0.1) is 0 Å². The molecule has 120 valence electrons. The number of fused-ring (bicyclic) bond motifs is 3. The summed E-state index contributed by atoms with van der Waals surface area (Å²) >= 11 is 5.30. The third-order valence-corrected chi connectivity index (χ3v) is 6.24. The number of hydrogen-bond acceptors (Lipinski definition) is 3. The fourth-order valence-electron chi connectivity index (χ4n) is 3.60. The molecule has 1 aliphatic heterocycles. The van der Waals surface area contributed by atoms with Gasteiger partial charge in [-0.25, -0.2) is 0 Å². The standard InChI is InChI=1S/C19H20BrNOS/c20-14-5-4-13-10-17(18(22)12-21-7-2-1-3-8-21)19-15(6-9-23-19)16(13)11-14/h4-6,9-11,18,22H,1-3,7-8,12H2. The van der Waals surface area contributed by atoms with Gasteiger partial charge in [0.25, 0.3) is 0 Å². The smallest absolute Gasteiger partial charge is 0.0930 e. The van der Waals surface area contributed by atoms with Gasteiger partial charge in [-0.1, -0.05) is 28.4 Å². The first kappa shape index (κ1) is 15.6. The highest BCUT2D eigenvalue weighted by atomic mass is 79.9. The minimum Gasteiger partial charge on any atom is -0.387 e. The Balaban J connectivity index is 1.75. The topological polar surface area (TPSA) is 23.5 Å². The lowest BCUT2D eigenvalue weighted by Gasteiger charge is -2.28. The Morgan fingerprint density at radius 3 is 2.74 bits per heavy atom. The molecular weight excluding hydrogens is 370 g/mol. The van der Waals surface area contributed by atoms with Crippen LogP contribution in [0.1, 0.15) is 30.9 Å². The maximum atomic E-state index is 10.9. The minimum absolute atomic E-state index is 0.415. The van der Waals surface area contributed by atoms with Gasteiger partial charge in [0.15, 0.2) is 0 Å². The van der Waals surface area contributed by atoms with Crippen LogP contribution in [0.4, 0.5) is 0 Å². The van der Waals surface area contributed by atoms with Gasteiger partial charge in [-0.3, -0.25) is 0 Å². The maximum Gasteiger partial charge on any atom is 0.0930 e. The van der Waals surface area contributed by atoms with Gasteiger partial charge in [-0.15, -0.1) is 11.3 Å². The quantitative estimate of drug-likeness (QED) is 0.653. The van der Waals surface area contributed by atoms with Crippen molar-refractivity contribution >= 4 is 48.1 Å². The summed E-state index contributed by atoms with van der Waals surface area (Å²) in [5.74, 6) is 0. The van der Waals surface area contributed by atoms with Gasteiger partial charge in [0, 0.05) is 26.7 Å². The lowest BCUT2D eigenvalue weighted by atomic mass is 9.99. The highest BCUT2D eigenvalue weighted by molar-refractivity contribution is 9.10. The molecule has 1 N–H and O–H groups in total. The maximum absolute atomic E-state index is 10.9. The summed E-state index contributed by atoms with van der Waals surface area (Å²) in [4.78, 5) is 2.40. The Bertz CT molecular complexity index is 838. The van der Waals surface area contributed by atoms with E-state index in [4.69, 9.17) is 0 Å². The Hall–Kier alpha value is -0.940. The van der Waals surface area contributed by atoms with E-state index in [1.165, 1.54) is 40.1 Å². The van der Waals surface area contributed by atoms with E-state index in [0.717, 1.165) is 29.7 Å². The van der Waals surface area contributed by atoms with E-state index in [-0.39, 0.29) is 0 Å². The molecule has 4 rings (SSSR count). The summed E-state index contributed by atoms with van der Waals surface area (Å²) < 4.78 is 2.32. The molecule has 2 aromatic carbocycles. The third-order valence-electron chi connectivity index (χ3n) is 4.78. The molecule has 2 heterocycles. The van der Waals surface area contributed by atoms with Crippen LogP contribution in [0.2, 0.25) is 0 Å². The number of aliphatic hydroxyl groups is 1. The summed E-state index contributed by atoms with van der Waals surface area (Å²) in [6.45, 7) is 2.98. The van der Waals surface area contributed by atoms with E-state index >= 15 is 0 Å². The number of likely N-dealkylation sites (tertiary alicyclic amines) is 1. The monoisotopic (exact) mass is 389 g/mol. The normalized spacial score (nSPS) is 17.8. The number of nitrogens with zero attached hydrogens (tertiary/aromatic N) is 1. The fraction of sp³-hybridized carbons (Fsp3) is 0.368. The van der Waals surface area contributed by atoms with Crippen molar-refractivity contribution in [1.29, 1.82) is 0 Å². The zero-order valence-corrected chi connectivity index (χ0v) is 15.4. The number of rotatable bonds is 3. The second-order valence-electron chi connectivity index (χ2n) is 6.37. The summed E-state index contributed by atoms with van der Waals surface area (Å²) in [5.41, 5.74) is 1.08. The van der Waals surface area contributed by atoms with Crippen LogP contribution in [0.25, 0.3) is 20.9 Å². The average Bonchev–Trinajstić information content (AvgIpc) is 3.05. The molecule has 3 aromatic rings. The van der Waals surface area contributed by atoms with E-state index < -0.39 is 6.10 Å². The second kappa shape index (κ2) is 6.52. The molecule has 0 amide bonds. The van der Waals surface area contributed by atoms with E-state index in [2.05, 4.69) is 56.5 Å². The van der Waals surface area contributed by atoms with Gasteiger partial charge in [0.05, 0.1) is 6.10 Å². The molecule has 1 fully saturated rings. The molecule has 0 aliphatic carbocycles. The van der Waals surface area contributed by atoms with Gasteiger partial charge >= 0.3 is 0 Å². The fourth-order valence-corrected chi connectivity index (χ4v) is 4.94. The molecule has 1 unspecified atom stereocenters. The number of aliphatic hydroxyl groups excluding tert-OH is 1.